The van der Waals surface area contributed by atoms with Crippen molar-refractivity contribution in [3.8, 4) is 5.75 Å². The number of hydrogen-bond donors (Lipinski definition) is 2. The highest BCUT2D eigenvalue weighted by molar-refractivity contribution is 5.97. The highest BCUT2D eigenvalue weighted by atomic mass is 16.5. The molecule has 1 saturated carbocycles. The molecule has 0 aromatic heterocycles. The van der Waals surface area contributed by atoms with E-state index in [-0.39, 0.29) is 11.3 Å². The maximum Gasteiger partial charge on any atom is 0.230 e. The largest absolute Gasteiger partial charge is 0.497 e. The highest BCUT2D eigenvalue weighted by Crippen LogP contribution is 2.37. The first kappa shape index (κ1) is 13.7. The van der Waals surface area contributed by atoms with Crippen LogP contribution in [0.5, 0.6) is 5.75 Å². The molecular formula is C15H22N2O2. The molecule has 0 saturated heterocycles. The van der Waals surface area contributed by atoms with E-state index in [1.165, 1.54) is 6.42 Å². The van der Waals surface area contributed by atoms with E-state index in [9.17, 15) is 4.79 Å². The number of hydrogen-bond acceptors (Lipinski definition) is 3. The van der Waals surface area contributed by atoms with E-state index in [0.717, 1.165) is 25.7 Å². The number of nitrogen functional groups attached to an aromatic ring is 1. The molecule has 1 aliphatic rings. The summed E-state index contributed by atoms with van der Waals surface area (Å²) in [5, 5.41) is 2.95. The molecule has 0 spiro atoms. The van der Waals surface area contributed by atoms with Crippen LogP contribution >= 0.6 is 0 Å². The normalized spacial score (nSPS) is 17.8. The van der Waals surface area contributed by atoms with E-state index >= 15 is 0 Å². The van der Waals surface area contributed by atoms with Crippen molar-refractivity contribution >= 4 is 17.3 Å². The monoisotopic (exact) mass is 262 g/mol. The third kappa shape index (κ3) is 3.00. The first-order chi connectivity index (χ1) is 9.05. The van der Waals surface area contributed by atoms with Gasteiger partial charge in [-0.15, -0.1) is 0 Å². The van der Waals surface area contributed by atoms with Crippen molar-refractivity contribution in [1.29, 1.82) is 0 Å². The molecule has 3 N–H and O–H groups in total. The van der Waals surface area contributed by atoms with Gasteiger partial charge in [-0.2, -0.15) is 0 Å². The Kier molecular flexibility index (Phi) is 3.98. The maximum absolute atomic E-state index is 12.4. The molecule has 4 heteroatoms. The lowest BCUT2D eigenvalue weighted by molar-refractivity contribution is -0.126. The van der Waals surface area contributed by atoms with Crippen LogP contribution in [0.2, 0.25) is 0 Å². The molecule has 1 amide bonds. The van der Waals surface area contributed by atoms with Crippen LogP contribution in [-0.4, -0.2) is 13.0 Å². The predicted molar refractivity (Wildman–Crippen MR) is 77.2 cm³/mol. The van der Waals surface area contributed by atoms with Gasteiger partial charge < -0.3 is 15.8 Å². The van der Waals surface area contributed by atoms with Crippen LogP contribution in [0, 0.1) is 5.41 Å². The molecule has 2 rings (SSSR count). The van der Waals surface area contributed by atoms with Crippen LogP contribution < -0.4 is 15.8 Å². The maximum atomic E-state index is 12.4. The number of benzene rings is 1. The smallest absolute Gasteiger partial charge is 0.230 e. The van der Waals surface area contributed by atoms with Gasteiger partial charge in [-0.1, -0.05) is 26.2 Å². The van der Waals surface area contributed by atoms with Gasteiger partial charge in [-0.3, -0.25) is 4.79 Å². The van der Waals surface area contributed by atoms with Crippen LogP contribution in [0.3, 0.4) is 0 Å². The van der Waals surface area contributed by atoms with E-state index in [2.05, 4.69) is 5.32 Å². The molecule has 0 heterocycles. The van der Waals surface area contributed by atoms with Gasteiger partial charge in [0.1, 0.15) is 5.75 Å². The second kappa shape index (κ2) is 5.51. The average molecular weight is 262 g/mol. The van der Waals surface area contributed by atoms with Crippen molar-refractivity contribution in [1.82, 2.24) is 0 Å². The summed E-state index contributed by atoms with van der Waals surface area (Å²) in [4.78, 5) is 12.4. The van der Waals surface area contributed by atoms with E-state index in [4.69, 9.17) is 10.5 Å². The third-order valence-corrected chi connectivity index (χ3v) is 4.01. The standard InChI is InChI=1S/C15H22N2O2/c1-15(8-4-3-5-9-15)14(18)17-13-10-11(19-2)6-7-12(13)16/h6-7,10H,3-5,8-9,16H2,1-2H3,(H,17,18). The van der Waals surface area contributed by atoms with Crippen LogP contribution in [0.25, 0.3) is 0 Å². The predicted octanol–water partition coefficient (Wildman–Crippen LogP) is 3.19. The average Bonchev–Trinajstić information content (AvgIpc) is 2.42. The molecule has 1 aromatic rings. The lowest BCUT2D eigenvalue weighted by Crippen LogP contribution is -2.35. The Balaban J connectivity index is 2.14. The Bertz CT molecular complexity index is 465. The Morgan fingerprint density at radius 3 is 2.63 bits per heavy atom. The first-order valence-electron chi connectivity index (χ1n) is 6.80. The summed E-state index contributed by atoms with van der Waals surface area (Å²) >= 11 is 0. The molecule has 0 bridgehead atoms. The van der Waals surface area contributed by atoms with E-state index in [0.29, 0.717) is 17.1 Å². The van der Waals surface area contributed by atoms with Crippen LogP contribution in [0.1, 0.15) is 39.0 Å². The molecule has 0 radical (unpaired) electrons. The third-order valence-electron chi connectivity index (χ3n) is 4.01. The SMILES string of the molecule is COc1ccc(N)c(NC(=O)C2(C)CCCCC2)c1. The summed E-state index contributed by atoms with van der Waals surface area (Å²) in [5.74, 6) is 0.755. The minimum Gasteiger partial charge on any atom is -0.497 e. The fourth-order valence-corrected chi connectivity index (χ4v) is 2.60. The summed E-state index contributed by atoms with van der Waals surface area (Å²) in [6.45, 7) is 2.04. The molecule has 1 fully saturated rings. The molecule has 0 aliphatic heterocycles. The van der Waals surface area contributed by atoms with Crippen molar-refractivity contribution in [2.45, 2.75) is 39.0 Å². The van der Waals surface area contributed by atoms with Crippen molar-refractivity contribution in [2.75, 3.05) is 18.2 Å². The first-order valence-corrected chi connectivity index (χ1v) is 6.80. The molecule has 1 aliphatic carbocycles. The molecule has 0 atom stereocenters. The van der Waals surface area contributed by atoms with E-state index in [1.807, 2.05) is 6.92 Å². The summed E-state index contributed by atoms with van der Waals surface area (Å²) in [6.07, 6.45) is 5.37. The molecule has 0 unspecified atom stereocenters. The zero-order valence-electron chi connectivity index (χ0n) is 11.7. The van der Waals surface area contributed by atoms with E-state index in [1.54, 1.807) is 25.3 Å². The Labute approximate surface area is 114 Å². The van der Waals surface area contributed by atoms with Gasteiger partial charge in [0, 0.05) is 11.5 Å². The van der Waals surface area contributed by atoms with E-state index < -0.39 is 0 Å². The summed E-state index contributed by atoms with van der Waals surface area (Å²) in [7, 11) is 1.60. The lowest BCUT2D eigenvalue weighted by Gasteiger charge is -2.32. The summed E-state index contributed by atoms with van der Waals surface area (Å²) < 4.78 is 5.16. The van der Waals surface area contributed by atoms with Crippen LogP contribution in [0.15, 0.2) is 18.2 Å². The topological polar surface area (TPSA) is 64.3 Å². The zero-order chi connectivity index (χ0) is 13.9. The quantitative estimate of drug-likeness (QED) is 0.822. The Morgan fingerprint density at radius 1 is 1.32 bits per heavy atom. The van der Waals surface area contributed by atoms with Gasteiger partial charge in [0.25, 0.3) is 0 Å². The molecule has 104 valence electrons. The lowest BCUT2D eigenvalue weighted by atomic mass is 9.75. The number of carbonyl (C=O) groups excluding carboxylic acids is 1. The minimum absolute atomic E-state index is 0.0622. The van der Waals surface area contributed by atoms with Crippen LogP contribution in [-0.2, 0) is 4.79 Å². The van der Waals surface area contributed by atoms with Gasteiger partial charge in [-0.05, 0) is 25.0 Å². The fourth-order valence-electron chi connectivity index (χ4n) is 2.60. The Hall–Kier alpha value is -1.71. The molecule has 19 heavy (non-hydrogen) atoms. The van der Waals surface area contributed by atoms with Crippen LogP contribution in [0.4, 0.5) is 11.4 Å². The second-order valence-electron chi connectivity index (χ2n) is 5.53. The number of amides is 1. The Morgan fingerprint density at radius 2 is 2.00 bits per heavy atom. The van der Waals surface area contributed by atoms with Gasteiger partial charge in [-0.25, -0.2) is 0 Å². The minimum atomic E-state index is -0.270. The number of nitrogens with one attached hydrogen (secondary N) is 1. The summed E-state index contributed by atoms with van der Waals surface area (Å²) in [6, 6.07) is 5.30. The second-order valence-corrected chi connectivity index (χ2v) is 5.53. The number of anilines is 2. The van der Waals surface area contributed by atoms with Crippen molar-refractivity contribution < 1.29 is 9.53 Å². The number of ether oxygens (including phenoxy) is 1. The summed E-state index contributed by atoms with van der Waals surface area (Å²) in [5.41, 5.74) is 6.82. The van der Waals surface area contributed by atoms with Gasteiger partial charge in [0.2, 0.25) is 5.91 Å². The molecule has 1 aromatic carbocycles. The van der Waals surface area contributed by atoms with Crippen molar-refractivity contribution in [2.24, 2.45) is 5.41 Å². The number of rotatable bonds is 3. The molecular weight excluding hydrogens is 240 g/mol. The van der Waals surface area contributed by atoms with Gasteiger partial charge in [0.15, 0.2) is 0 Å². The van der Waals surface area contributed by atoms with Gasteiger partial charge >= 0.3 is 0 Å². The number of carbonyl (C=O) groups is 1. The fraction of sp³-hybridized carbons (Fsp3) is 0.533. The number of methoxy groups -OCH3 is 1. The van der Waals surface area contributed by atoms with Gasteiger partial charge in [0.05, 0.1) is 18.5 Å². The molecule has 4 nitrogen and oxygen atoms in total. The highest BCUT2D eigenvalue weighted by Gasteiger charge is 2.34. The number of nitrogens with two attached hydrogens (primary N) is 1. The zero-order valence-corrected chi connectivity index (χ0v) is 11.7. The van der Waals surface area contributed by atoms with Crippen molar-refractivity contribution in [3.63, 3.8) is 0 Å². The van der Waals surface area contributed by atoms with Crippen molar-refractivity contribution in [3.05, 3.63) is 18.2 Å².